The smallest absolute Gasteiger partial charge is 0.266 e. The van der Waals surface area contributed by atoms with Gasteiger partial charge in [0, 0.05) is 23.0 Å². The van der Waals surface area contributed by atoms with Crippen LogP contribution in [0.25, 0.3) is 10.9 Å². The van der Waals surface area contributed by atoms with Crippen LogP contribution in [0.1, 0.15) is 16.8 Å². The Labute approximate surface area is 156 Å². The van der Waals surface area contributed by atoms with Crippen LogP contribution in [0.3, 0.4) is 0 Å². The number of aromatic nitrogens is 1. The van der Waals surface area contributed by atoms with Gasteiger partial charge in [-0.2, -0.15) is 5.10 Å². The molecule has 0 unspecified atom stereocenters. The van der Waals surface area contributed by atoms with E-state index in [0.717, 1.165) is 27.7 Å². The summed E-state index contributed by atoms with van der Waals surface area (Å²) in [5, 5.41) is 6.71. The number of piperazine rings is 1. The summed E-state index contributed by atoms with van der Waals surface area (Å²) in [6, 6.07) is 17.1. The highest BCUT2D eigenvalue weighted by Crippen LogP contribution is 2.32. The molecule has 1 saturated heterocycles. The molecule has 0 radical (unpaired) electrons. The van der Waals surface area contributed by atoms with Crippen LogP contribution in [-0.4, -0.2) is 45.5 Å². The van der Waals surface area contributed by atoms with Gasteiger partial charge >= 0.3 is 0 Å². The molecule has 0 saturated carbocycles. The number of hydrogen-bond acceptors (Lipinski definition) is 3. The normalized spacial score (nSPS) is 19.6. The Balaban J connectivity index is 1.46. The summed E-state index contributed by atoms with van der Waals surface area (Å²) in [6.07, 6.45) is 2.14. The average molecular weight is 358 g/mol. The zero-order valence-electron chi connectivity index (χ0n) is 14.6. The van der Waals surface area contributed by atoms with E-state index in [1.165, 1.54) is 5.01 Å². The SMILES string of the molecule is O=C1[C@H]2Cc3c([nH]c4ccccc34)CN2C(=O)CN1/N=C\c1ccccc1. The van der Waals surface area contributed by atoms with E-state index in [-0.39, 0.29) is 18.4 Å². The number of benzene rings is 2. The van der Waals surface area contributed by atoms with E-state index in [1.807, 2.05) is 48.5 Å². The van der Waals surface area contributed by atoms with E-state index in [1.54, 1.807) is 11.1 Å². The van der Waals surface area contributed by atoms with Gasteiger partial charge < -0.3 is 9.88 Å². The lowest BCUT2D eigenvalue weighted by molar-refractivity contribution is -0.157. The maximum Gasteiger partial charge on any atom is 0.266 e. The Bertz CT molecular complexity index is 1070. The molecule has 1 fully saturated rings. The number of hydrazone groups is 1. The number of rotatable bonds is 2. The van der Waals surface area contributed by atoms with Crippen molar-refractivity contribution in [2.75, 3.05) is 6.54 Å². The molecule has 0 bridgehead atoms. The number of hydrogen-bond donors (Lipinski definition) is 1. The van der Waals surface area contributed by atoms with Crippen LogP contribution in [0, 0.1) is 0 Å². The number of H-pyrrole nitrogens is 1. The maximum atomic E-state index is 13.0. The molecule has 5 rings (SSSR count). The zero-order valence-corrected chi connectivity index (χ0v) is 14.6. The van der Waals surface area contributed by atoms with Crippen LogP contribution in [0.4, 0.5) is 0 Å². The molecule has 2 aliphatic heterocycles. The standard InChI is InChI=1S/C21H18N4O2/c26-20-13-25(22-11-14-6-2-1-3-7-14)21(27)19-10-16-15-8-4-5-9-17(15)23-18(16)12-24(19)20/h1-9,11,19,23H,10,12-13H2/b22-11-/t19-/m1/s1. The second kappa shape index (κ2) is 6.09. The first kappa shape index (κ1) is 15.8. The molecular formula is C21H18N4O2. The third-order valence-electron chi connectivity index (χ3n) is 5.29. The minimum Gasteiger partial charge on any atom is -0.357 e. The van der Waals surface area contributed by atoms with Crippen molar-refractivity contribution in [2.24, 2.45) is 5.10 Å². The molecule has 1 aromatic heterocycles. The van der Waals surface area contributed by atoms with E-state index in [2.05, 4.69) is 16.2 Å². The minimum atomic E-state index is -0.495. The predicted octanol–water partition coefficient (Wildman–Crippen LogP) is 2.30. The lowest BCUT2D eigenvalue weighted by atomic mass is 9.94. The third kappa shape index (κ3) is 2.61. The van der Waals surface area contributed by atoms with Gasteiger partial charge in [0.15, 0.2) is 0 Å². The Hall–Kier alpha value is -3.41. The first-order valence-electron chi connectivity index (χ1n) is 8.99. The van der Waals surface area contributed by atoms with Crippen molar-refractivity contribution in [3.05, 3.63) is 71.4 Å². The van der Waals surface area contributed by atoms with Crippen molar-refractivity contribution < 1.29 is 9.59 Å². The number of nitrogens with zero attached hydrogens (tertiary/aromatic N) is 3. The minimum absolute atomic E-state index is 0.0196. The summed E-state index contributed by atoms with van der Waals surface area (Å²) in [6.45, 7) is 0.420. The second-order valence-corrected chi connectivity index (χ2v) is 6.92. The van der Waals surface area contributed by atoms with E-state index >= 15 is 0 Å². The fraction of sp³-hybridized carbons (Fsp3) is 0.190. The van der Waals surface area contributed by atoms with Crippen molar-refractivity contribution in [2.45, 2.75) is 19.0 Å². The lowest BCUT2D eigenvalue weighted by Gasteiger charge is -2.40. The fourth-order valence-electron chi connectivity index (χ4n) is 3.93. The highest BCUT2D eigenvalue weighted by Gasteiger charge is 2.43. The van der Waals surface area contributed by atoms with Gasteiger partial charge in [-0.3, -0.25) is 9.59 Å². The Morgan fingerprint density at radius 1 is 1.00 bits per heavy atom. The quantitative estimate of drug-likeness (QED) is 0.714. The van der Waals surface area contributed by atoms with Gasteiger partial charge in [-0.25, -0.2) is 5.01 Å². The van der Waals surface area contributed by atoms with Gasteiger partial charge in [0.25, 0.3) is 5.91 Å². The Morgan fingerprint density at radius 2 is 1.78 bits per heavy atom. The van der Waals surface area contributed by atoms with Crippen molar-refractivity contribution in [1.29, 1.82) is 0 Å². The third-order valence-corrected chi connectivity index (χ3v) is 5.29. The number of para-hydroxylation sites is 1. The predicted molar refractivity (Wildman–Crippen MR) is 102 cm³/mol. The highest BCUT2D eigenvalue weighted by atomic mass is 16.2. The average Bonchev–Trinajstić information content (AvgIpc) is 3.07. The van der Waals surface area contributed by atoms with Crippen LogP contribution < -0.4 is 0 Å². The fourth-order valence-corrected chi connectivity index (χ4v) is 3.93. The van der Waals surface area contributed by atoms with Crippen molar-refractivity contribution in [3.8, 4) is 0 Å². The summed E-state index contributed by atoms with van der Waals surface area (Å²) in [4.78, 5) is 30.7. The molecule has 3 heterocycles. The van der Waals surface area contributed by atoms with Gasteiger partial charge in [-0.05, 0) is 17.2 Å². The molecule has 2 aliphatic rings. The molecule has 2 amide bonds. The first-order chi connectivity index (χ1) is 13.2. The molecule has 0 aliphatic carbocycles. The number of amides is 2. The highest BCUT2D eigenvalue weighted by molar-refractivity contribution is 5.97. The van der Waals surface area contributed by atoms with Gasteiger partial charge in [0.05, 0.1) is 12.8 Å². The number of aromatic amines is 1. The van der Waals surface area contributed by atoms with Crippen LogP contribution in [0.15, 0.2) is 59.7 Å². The molecule has 0 spiro atoms. The van der Waals surface area contributed by atoms with Crippen molar-refractivity contribution in [3.63, 3.8) is 0 Å². The number of nitrogens with one attached hydrogen (secondary N) is 1. The van der Waals surface area contributed by atoms with Crippen molar-refractivity contribution in [1.82, 2.24) is 14.9 Å². The number of fused-ring (bicyclic) bond motifs is 4. The van der Waals surface area contributed by atoms with Crippen LogP contribution in [0.5, 0.6) is 0 Å². The zero-order chi connectivity index (χ0) is 18.4. The van der Waals surface area contributed by atoms with Crippen LogP contribution in [-0.2, 0) is 22.6 Å². The topological polar surface area (TPSA) is 68.8 Å². The summed E-state index contributed by atoms with van der Waals surface area (Å²) in [5.74, 6) is -0.202. The van der Waals surface area contributed by atoms with Gasteiger partial charge in [-0.15, -0.1) is 0 Å². The molecule has 134 valence electrons. The van der Waals surface area contributed by atoms with Crippen molar-refractivity contribution >= 4 is 28.9 Å². The summed E-state index contributed by atoms with van der Waals surface area (Å²) in [5.41, 5.74) is 4.08. The van der Waals surface area contributed by atoms with E-state index in [0.29, 0.717) is 13.0 Å². The number of carbonyl (C=O) groups excluding carboxylic acids is 2. The van der Waals surface area contributed by atoms with Crippen LogP contribution in [0.2, 0.25) is 0 Å². The van der Waals surface area contributed by atoms with Gasteiger partial charge in [-0.1, -0.05) is 48.5 Å². The summed E-state index contributed by atoms with van der Waals surface area (Å²) >= 11 is 0. The summed E-state index contributed by atoms with van der Waals surface area (Å²) in [7, 11) is 0. The van der Waals surface area contributed by atoms with E-state index < -0.39 is 6.04 Å². The number of carbonyl (C=O) groups is 2. The molecule has 6 nitrogen and oxygen atoms in total. The summed E-state index contributed by atoms with van der Waals surface area (Å²) < 4.78 is 0. The molecule has 1 atom stereocenters. The van der Waals surface area contributed by atoms with Crippen LogP contribution >= 0.6 is 0 Å². The molecular weight excluding hydrogens is 340 g/mol. The first-order valence-corrected chi connectivity index (χ1v) is 8.99. The molecule has 3 aromatic rings. The largest absolute Gasteiger partial charge is 0.357 e. The Morgan fingerprint density at radius 3 is 2.63 bits per heavy atom. The molecule has 6 heteroatoms. The molecule has 1 N–H and O–H groups in total. The van der Waals surface area contributed by atoms with Gasteiger partial charge in [0.1, 0.15) is 12.6 Å². The lowest BCUT2D eigenvalue weighted by Crippen LogP contribution is -2.60. The Kier molecular flexibility index (Phi) is 3.57. The van der Waals surface area contributed by atoms with Gasteiger partial charge in [0.2, 0.25) is 5.91 Å². The van der Waals surface area contributed by atoms with E-state index in [9.17, 15) is 9.59 Å². The second-order valence-electron chi connectivity index (χ2n) is 6.92. The molecule has 2 aromatic carbocycles. The monoisotopic (exact) mass is 358 g/mol. The maximum absolute atomic E-state index is 13.0. The van der Waals surface area contributed by atoms with E-state index in [4.69, 9.17) is 0 Å². The molecule has 27 heavy (non-hydrogen) atoms.